The van der Waals surface area contributed by atoms with Gasteiger partial charge in [-0.25, -0.2) is 0 Å². The van der Waals surface area contributed by atoms with Gasteiger partial charge < -0.3 is 20.7 Å². The number of amides is 2. The predicted octanol–water partition coefficient (Wildman–Crippen LogP) is 0.502. The Bertz CT molecular complexity index is 484. The normalized spacial score (nSPS) is 17.6. The van der Waals surface area contributed by atoms with E-state index < -0.39 is 0 Å². The predicted molar refractivity (Wildman–Crippen MR) is 75.7 cm³/mol. The lowest BCUT2D eigenvalue weighted by molar-refractivity contribution is -0.122. The number of likely N-dealkylation sites (N-methyl/N-ethyl adjacent to an activating group) is 1. The monoisotopic (exact) mass is 277 g/mol. The van der Waals surface area contributed by atoms with Gasteiger partial charge >= 0.3 is 0 Å². The first-order valence-corrected chi connectivity index (χ1v) is 6.67. The van der Waals surface area contributed by atoms with Crippen LogP contribution in [0.5, 0.6) is 5.75 Å². The van der Waals surface area contributed by atoms with Crippen molar-refractivity contribution >= 4 is 17.5 Å². The lowest BCUT2D eigenvalue weighted by Crippen LogP contribution is -2.35. The van der Waals surface area contributed by atoms with E-state index in [-0.39, 0.29) is 24.5 Å². The fourth-order valence-electron chi connectivity index (χ4n) is 2.02. The molecular formula is C14H19N3O3. The summed E-state index contributed by atoms with van der Waals surface area (Å²) in [5, 5.41) is 8.46. The summed E-state index contributed by atoms with van der Waals surface area (Å²) in [5.74, 6) is 0.311. The molecule has 2 rings (SSSR count). The Labute approximate surface area is 117 Å². The largest absolute Gasteiger partial charge is 0.484 e. The van der Waals surface area contributed by atoms with Crippen LogP contribution in [0, 0.1) is 0 Å². The summed E-state index contributed by atoms with van der Waals surface area (Å²) in [6, 6.07) is 6.89. The summed E-state index contributed by atoms with van der Waals surface area (Å²) in [7, 11) is 1.55. The van der Waals surface area contributed by atoms with E-state index in [4.69, 9.17) is 4.74 Å². The van der Waals surface area contributed by atoms with Gasteiger partial charge in [0.1, 0.15) is 5.75 Å². The molecule has 1 aromatic carbocycles. The molecule has 6 nitrogen and oxygen atoms in total. The molecule has 1 aromatic rings. The molecule has 3 N–H and O–H groups in total. The van der Waals surface area contributed by atoms with E-state index >= 15 is 0 Å². The second kappa shape index (κ2) is 6.91. The van der Waals surface area contributed by atoms with Crippen molar-refractivity contribution in [1.29, 1.82) is 0 Å². The number of benzene rings is 1. The van der Waals surface area contributed by atoms with Crippen LogP contribution >= 0.6 is 0 Å². The first-order chi connectivity index (χ1) is 9.69. The van der Waals surface area contributed by atoms with Crippen LogP contribution in [0.2, 0.25) is 0 Å². The van der Waals surface area contributed by atoms with E-state index in [2.05, 4.69) is 16.0 Å². The smallest absolute Gasteiger partial charge is 0.257 e. The molecule has 0 aliphatic carbocycles. The van der Waals surface area contributed by atoms with Gasteiger partial charge in [-0.15, -0.1) is 0 Å². The minimum absolute atomic E-state index is 0.0362. The van der Waals surface area contributed by atoms with Crippen molar-refractivity contribution in [3.63, 3.8) is 0 Å². The van der Waals surface area contributed by atoms with Gasteiger partial charge in [0.25, 0.3) is 5.91 Å². The van der Waals surface area contributed by atoms with E-state index in [0.717, 1.165) is 19.4 Å². The van der Waals surface area contributed by atoms with Crippen molar-refractivity contribution in [2.24, 2.45) is 0 Å². The maximum atomic E-state index is 12.0. The number of carbonyl (C=O) groups is 2. The third kappa shape index (κ3) is 3.96. The van der Waals surface area contributed by atoms with E-state index in [9.17, 15) is 9.59 Å². The zero-order valence-electron chi connectivity index (χ0n) is 11.4. The first-order valence-electron chi connectivity index (χ1n) is 6.67. The fraction of sp³-hybridized carbons (Fsp3) is 0.429. The summed E-state index contributed by atoms with van der Waals surface area (Å²) in [6.07, 6.45) is 1.88. The molecule has 6 heteroatoms. The first kappa shape index (κ1) is 14.3. The summed E-state index contributed by atoms with van der Waals surface area (Å²) in [6.45, 7) is 0.839. The molecule has 1 aliphatic heterocycles. The van der Waals surface area contributed by atoms with Gasteiger partial charge in [-0.2, -0.15) is 0 Å². The van der Waals surface area contributed by atoms with Gasteiger partial charge in [0.05, 0.1) is 6.04 Å². The van der Waals surface area contributed by atoms with Gasteiger partial charge in [0.2, 0.25) is 5.91 Å². The van der Waals surface area contributed by atoms with Crippen LogP contribution in [0.15, 0.2) is 24.3 Å². The van der Waals surface area contributed by atoms with Crippen molar-refractivity contribution in [2.45, 2.75) is 18.9 Å². The molecule has 0 unspecified atom stereocenters. The maximum Gasteiger partial charge on any atom is 0.257 e. The van der Waals surface area contributed by atoms with Crippen LogP contribution in [-0.4, -0.2) is 38.1 Å². The average Bonchev–Trinajstić information content (AvgIpc) is 2.99. The molecule has 0 saturated carbocycles. The van der Waals surface area contributed by atoms with Crippen molar-refractivity contribution < 1.29 is 14.3 Å². The standard InChI is InChI=1S/C14H19N3O3/c1-15-13(18)9-20-11-5-2-4-10(8-11)17-14(19)12-6-3-7-16-12/h2,4-5,8,12,16H,3,6-7,9H2,1H3,(H,15,18)(H,17,19)/t12-/m1/s1. The van der Waals surface area contributed by atoms with Crippen LogP contribution in [-0.2, 0) is 9.59 Å². The summed E-state index contributed by atoms with van der Waals surface area (Å²) in [5.41, 5.74) is 0.665. The molecule has 0 aromatic heterocycles. The Morgan fingerprint density at radius 3 is 3.00 bits per heavy atom. The number of rotatable bonds is 5. The second-order valence-electron chi connectivity index (χ2n) is 4.63. The highest BCUT2D eigenvalue weighted by Crippen LogP contribution is 2.18. The van der Waals surface area contributed by atoms with Crippen LogP contribution in [0.4, 0.5) is 5.69 Å². The van der Waals surface area contributed by atoms with Gasteiger partial charge in [0.15, 0.2) is 6.61 Å². The second-order valence-corrected chi connectivity index (χ2v) is 4.63. The molecule has 1 heterocycles. The lowest BCUT2D eigenvalue weighted by atomic mass is 10.2. The Morgan fingerprint density at radius 1 is 1.45 bits per heavy atom. The summed E-state index contributed by atoms with van der Waals surface area (Å²) in [4.78, 5) is 23.1. The summed E-state index contributed by atoms with van der Waals surface area (Å²) < 4.78 is 5.33. The molecule has 0 bridgehead atoms. The fourth-order valence-corrected chi connectivity index (χ4v) is 2.02. The molecule has 1 saturated heterocycles. The third-order valence-electron chi connectivity index (χ3n) is 3.13. The van der Waals surface area contributed by atoms with E-state index in [0.29, 0.717) is 11.4 Å². The highest BCUT2D eigenvalue weighted by atomic mass is 16.5. The van der Waals surface area contributed by atoms with Crippen molar-refractivity contribution in [2.75, 3.05) is 25.5 Å². The van der Waals surface area contributed by atoms with Crippen LogP contribution < -0.4 is 20.7 Å². The maximum absolute atomic E-state index is 12.0. The minimum Gasteiger partial charge on any atom is -0.484 e. The molecule has 2 amide bonds. The van der Waals surface area contributed by atoms with Crippen molar-refractivity contribution in [3.8, 4) is 5.75 Å². The average molecular weight is 277 g/mol. The van der Waals surface area contributed by atoms with E-state index in [1.54, 1.807) is 31.3 Å². The number of anilines is 1. The molecule has 0 spiro atoms. The SMILES string of the molecule is CNC(=O)COc1cccc(NC(=O)[C@H]2CCCN2)c1. The molecule has 108 valence electrons. The molecule has 1 atom stereocenters. The minimum atomic E-state index is -0.199. The Balaban J connectivity index is 1.91. The van der Waals surface area contributed by atoms with Gasteiger partial charge in [-0.3, -0.25) is 9.59 Å². The van der Waals surface area contributed by atoms with Crippen molar-refractivity contribution in [3.05, 3.63) is 24.3 Å². The summed E-state index contributed by atoms with van der Waals surface area (Å²) >= 11 is 0. The quantitative estimate of drug-likeness (QED) is 0.732. The van der Waals surface area contributed by atoms with Gasteiger partial charge in [0, 0.05) is 18.8 Å². The molecule has 0 radical (unpaired) electrons. The molecular weight excluding hydrogens is 258 g/mol. The Hall–Kier alpha value is -2.08. The third-order valence-corrected chi connectivity index (χ3v) is 3.13. The zero-order chi connectivity index (χ0) is 14.4. The number of nitrogens with one attached hydrogen (secondary N) is 3. The molecule has 1 aliphatic rings. The van der Waals surface area contributed by atoms with Crippen LogP contribution in [0.3, 0.4) is 0 Å². The zero-order valence-corrected chi connectivity index (χ0v) is 11.4. The number of ether oxygens (including phenoxy) is 1. The van der Waals surface area contributed by atoms with Crippen LogP contribution in [0.1, 0.15) is 12.8 Å². The highest BCUT2D eigenvalue weighted by molar-refractivity contribution is 5.95. The van der Waals surface area contributed by atoms with E-state index in [1.807, 2.05) is 0 Å². The number of carbonyl (C=O) groups excluding carboxylic acids is 2. The van der Waals surface area contributed by atoms with E-state index in [1.165, 1.54) is 0 Å². The topological polar surface area (TPSA) is 79.5 Å². The Kier molecular flexibility index (Phi) is 4.95. The Morgan fingerprint density at radius 2 is 2.30 bits per heavy atom. The highest BCUT2D eigenvalue weighted by Gasteiger charge is 2.21. The van der Waals surface area contributed by atoms with Gasteiger partial charge in [-0.05, 0) is 31.5 Å². The van der Waals surface area contributed by atoms with Crippen LogP contribution in [0.25, 0.3) is 0 Å². The van der Waals surface area contributed by atoms with Crippen molar-refractivity contribution in [1.82, 2.24) is 10.6 Å². The lowest BCUT2D eigenvalue weighted by Gasteiger charge is -2.12. The molecule has 1 fully saturated rings. The number of hydrogen-bond donors (Lipinski definition) is 3. The number of hydrogen-bond acceptors (Lipinski definition) is 4. The van der Waals surface area contributed by atoms with Gasteiger partial charge in [-0.1, -0.05) is 6.07 Å². The molecule has 20 heavy (non-hydrogen) atoms.